The maximum Gasteiger partial charge on any atom is 0.328 e. The van der Waals surface area contributed by atoms with Gasteiger partial charge < -0.3 is 14.8 Å². The van der Waals surface area contributed by atoms with Gasteiger partial charge in [0.25, 0.3) is 5.91 Å². The Morgan fingerprint density at radius 2 is 1.77 bits per heavy atom. The highest BCUT2D eigenvalue weighted by Crippen LogP contribution is 2.29. The number of benzene rings is 2. The van der Waals surface area contributed by atoms with Gasteiger partial charge in [-0.2, -0.15) is 11.8 Å². The van der Waals surface area contributed by atoms with Crippen molar-refractivity contribution in [3.8, 4) is 16.9 Å². The molecule has 1 atom stereocenters. The number of amides is 1. The number of rotatable bonds is 9. The Labute approximate surface area is 158 Å². The molecule has 2 aromatic carbocycles. The molecule has 26 heavy (non-hydrogen) atoms. The molecule has 0 aliphatic heterocycles. The number of hydrogen-bond donors (Lipinski definition) is 1. The molecule has 2 rings (SSSR count). The normalized spacial score (nSPS) is 11.5. The third-order valence-corrected chi connectivity index (χ3v) is 4.41. The largest absolute Gasteiger partial charge is 0.483 e. The molecule has 0 bridgehead atoms. The molecule has 138 valence electrons. The van der Waals surface area contributed by atoms with Crippen LogP contribution in [0.1, 0.15) is 6.42 Å². The molecule has 0 aromatic heterocycles. The van der Waals surface area contributed by atoms with Crippen molar-refractivity contribution >= 4 is 23.6 Å². The van der Waals surface area contributed by atoms with Gasteiger partial charge in [-0.3, -0.25) is 4.79 Å². The topological polar surface area (TPSA) is 64.6 Å². The van der Waals surface area contributed by atoms with E-state index in [4.69, 9.17) is 9.47 Å². The van der Waals surface area contributed by atoms with Crippen LogP contribution in [-0.4, -0.2) is 43.6 Å². The summed E-state index contributed by atoms with van der Waals surface area (Å²) >= 11 is 1.60. The Morgan fingerprint density at radius 3 is 2.46 bits per heavy atom. The average Bonchev–Trinajstić information content (AvgIpc) is 2.69. The lowest BCUT2D eigenvalue weighted by Gasteiger charge is -2.17. The van der Waals surface area contributed by atoms with Gasteiger partial charge in [-0.05, 0) is 30.1 Å². The highest BCUT2D eigenvalue weighted by molar-refractivity contribution is 7.98. The van der Waals surface area contributed by atoms with Crippen LogP contribution in [0, 0.1) is 0 Å². The van der Waals surface area contributed by atoms with Gasteiger partial charge in [0.15, 0.2) is 6.61 Å². The number of carbonyl (C=O) groups excluding carboxylic acids is 2. The molecule has 1 N–H and O–H groups in total. The van der Waals surface area contributed by atoms with Crippen LogP contribution in [-0.2, 0) is 14.3 Å². The second-order valence-electron chi connectivity index (χ2n) is 5.58. The van der Waals surface area contributed by atoms with Gasteiger partial charge >= 0.3 is 5.97 Å². The number of ether oxygens (including phenoxy) is 2. The number of carbonyl (C=O) groups is 2. The second kappa shape index (κ2) is 10.5. The first-order valence-electron chi connectivity index (χ1n) is 8.29. The van der Waals surface area contributed by atoms with Crippen molar-refractivity contribution in [1.82, 2.24) is 5.32 Å². The molecule has 0 saturated carbocycles. The average molecular weight is 373 g/mol. The highest BCUT2D eigenvalue weighted by atomic mass is 32.2. The molecule has 0 spiro atoms. The molecule has 2 aromatic rings. The predicted octanol–water partition coefficient (Wildman–Crippen LogP) is 3.14. The van der Waals surface area contributed by atoms with E-state index in [9.17, 15) is 9.59 Å². The number of thioether (sulfide) groups is 1. The highest BCUT2D eigenvalue weighted by Gasteiger charge is 2.21. The minimum atomic E-state index is -0.659. The smallest absolute Gasteiger partial charge is 0.328 e. The van der Waals surface area contributed by atoms with E-state index >= 15 is 0 Å². The number of hydrogen-bond acceptors (Lipinski definition) is 5. The van der Waals surface area contributed by atoms with Crippen LogP contribution < -0.4 is 10.1 Å². The van der Waals surface area contributed by atoms with Crippen molar-refractivity contribution in [3.05, 3.63) is 54.6 Å². The van der Waals surface area contributed by atoms with Gasteiger partial charge in [0.1, 0.15) is 11.8 Å². The van der Waals surface area contributed by atoms with Crippen molar-refractivity contribution in [2.45, 2.75) is 12.5 Å². The number of methoxy groups -OCH3 is 1. The Morgan fingerprint density at radius 1 is 1.08 bits per heavy atom. The lowest BCUT2D eigenvalue weighted by molar-refractivity contribution is -0.145. The van der Waals surface area contributed by atoms with E-state index in [1.165, 1.54) is 7.11 Å². The molecule has 0 unspecified atom stereocenters. The zero-order chi connectivity index (χ0) is 18.8. The third kappa shape index (κ3) is 5.81. The van der Waals surface area contributed by atoms with E-state index in [1.807, 2.05) is 60.9 Å². The Bertz CT molecular complexity index is 721. The maximum atomic E-state index is 12.2. The van der Waals surface area contributed by atoms with E-state index in [1.54, 1.807) is 11.8 Å². The first-order chi connectivity index (χ1) is 12.7. The fourth-order valence-electron chi connectivity index (χ4n) is 2.45. The van der Waals surface area contributed by atoms with E-state index < -0.39 is 12.0 Å². The second-order valence-corrected chi connectivity index (χ2v) is 6.56. The predicted molar refractivity (Wildman–Crippen MR) is 104 cm³/mol. The molecule has 0 aliphatic carbocycles. The van der Waals surface area contributed by atoms with Gasteiger partial charge in [0.2, 0.25) is 0 Å². The maximum absolute atomic E-state index is 12.2. The number of para-hydroxylation sites is 1. The van der Waals surface area contributed by atoms with Crippen LogP contribution in [0.5, 0.6) is 5.75 Å². The number of nitrogens with one attached hydrogen (secondary N) is 1. The summed E-state index contributed by atoms with van der Waals surface area (Å²) in [7, 11) is 1.31. The lowest BCUT2D eigenvalue weighted by atomic mass is 10.1. The quantitative estimate of drug-likeness (QED) is 0.684. The van der Waals surface area contributed by atoms with Crippen molar-refractivity contribution < 1.29 is 19.1 Å². The summed E-state index contributed by atoms with van der Waals surface area (Å²) in [5.74, 6) is 0.562. The summed E-state index contributed by atoms with van der Waals surface area (Å²) in [4.78, 5) is 24.0. The number of esters is 1. The molecular weight excluding hydrogens is 350 g/mol. The molecule has 0 fully saturated rings. The van der Waals surface area contributed by atoms with Gasteiger partial charge in [-0.25, -0.2) is 4.79 Å². The fraction of sp³-hybridized carbons (Fsp3) is 0.300. The van der Waals surface area contributed by atoms with Gasteiger partial charge in [0, 0.05) is 5.56 Å². The first-order valence-corrected chi connectivity index (χ1v) is 9.68. The van der Waals surface area contributed by atoms with Gasteiger partial charge in [0.05, 0.1) is 7.11 Å². The zero-order valence-electron chi connectivity index (χ0n) is 14.9. The lowest BCUT2D eigenvalue weighted by Crippen LogP contribution is -2.43. The van der Waals surface area contributed by atoms with Crippen LogP contribution in [0.15, 0.2) is 54.6 Å². The third-order valence-electron chi connectivity index (χ3n) is 3.76. The summed E-state index contributed by atoms with van der Waals surface area (Å²) in [5.41, 5.74) is 1.92. The van der Waals surface area contributed by atoms with E-state index in [2.05, 4.69) is 5.32 Å². The molecule has 1 amide bonds. The summed E-state index contributed by atoms with van der Waals surface area (Å²) < 4.78 is 10.4. The fourth-order valence-corrected chi connectivity index (χ4v) is 2.93. The molecule has 0 heterocycles. The molecular formula is C20H23NO4S. The minimum Gasteiger partial charge on any atom is -0.483 e. The van der Waals surface area contributed by atoms with E-state index in [0.29, 0.717) is 12.2 Å². The van der Waals surface area contributed by atoms with E-state index in [0.717, 1.165) is 16.9 Å². The molecule has 0 radical (unpaired) electrons. The Hall–Kier alpha value is -2.47. The van der Waals surface area contributed by atoms with Crippen molar-refractivity contribution in [2.24, 2.45) is 0 Å². The van der Waals surface area contributed by atoms with Crippen molar-refractivity contribution in [1.29, 1.82) is 0 Å². The van der Waals surface area contributed by atoms with Crippen LogP contribution in [0.4, 0.5) is 0 Å². The van der Waals surface area contributed by atoms with Crippen LogP contribution in [0.25, 0.3) is 11.1 Å². The zero-order valence-corrected chi connectivity index (χ0v) is 15.8. The molecule has 0 aliphatic rings. The molecule has 0 saturated heterocycles. The monoisotopic (exact) mass is 373 g/mol. The standard InChI is InChI=1S/C20H23NO4S/c1-24-20(23)17(12-13-26-2)21-19(22)14-25-18-11-7-6-10-16(18)15-8-4-3-5-9-15/h3-11,17H,12-14H2,1-2H3,(H,21,22)/t17-/m1/s1. The first kappa shape index (κ1) is 19.8. The van der Waals surface area contributed by atoms with Gasteiger partial charge in [-0.1, -0.05) is 48.5 Å². The summed E-state index contributed by atoms with van der Waals surface area (Å²) in [6.07, 6.45) is 2.46. The summed E-state index contributed by atoms with van der Waals surface area (Å²) in [6.45, 7) is -0.170. The molecule has 6 heteroatoms. The molecule has 5 nitrogen and oxygen atoms in total. The minimum absolute atomic E-state index is 0.170. The van der Waals surface area contributed by atoms with Crippen molar-refractivity contribution in [3.63, 3.8) is 0 Å². The SMILES string of the molecule is COC(=O)[C@@H](CCSC)NC(=O)COc1ccccc1-c1ccccc1. The van der Waals surface area contributed by atoms with Crippen LogP contribution in [0.3, 0.4) is 0 Å². The summed E-state index contributed by atoms with van der Waals surface area (Å²) in [5, 5.41) is 2.68. The Kier molecular flexibility index (Phi) is 8.02. The van der Waals surface area contributed by atoms with Gasteiger partial charge in [-0.15, -0.1) is 0 Å². The van der Waals surface area contributed by atoms with E-state index in [-0.39, 0.29) is 12.5 Å². The van der Waals surface area contributed by atoms with Crippen LogP contribution >= 0.6 is 11.8 Å². The van der Waals surface area contributed by atoms with Crippen molar-refractivity contribution in [2.75, 3.05) is 25.7 Å². The summed E-state index contributed by atoms with van der Waals surface area (Å²) in [6, 6.07) is 16.7. The van der Waals surface area contributed by atoms with Crippen LogP contribution in [0.2, 0.25) is 0 Å². The Balaban J connectivity index is 2.00.